The lowest BCUT2D eigenvalue weighted by atomic mass is 9.80. The van der Waals surface area contributed by atoms with Crippen LogP contribution in [0.2, 0.25) is 0 Å². The van der Waals surface area contributed by atoms with Crippen molar-refractivity contribution in [1.29, 1.82) is 0 Å². The number of fused-ring (bicyclic) bond motifs is 3. The average Bonchev–Trinajstić information content (AvgIpc) is 2.99. The van der Waals surface area contributed by atoms with Crippen LogP contribution in [0.1, 0.15) is 55.9 Å². The molecule has 1 aliphatic rings. The Hall–Kier alpha value is -2.64. The number of aryl methyl sites for hydroxylation is 1. The van der Waals surface area contributed by atoms with Gasteiger partial charge >= 0.3 is 0 Å². The predicted molar refractivity (Wildman–Crippen MR) is 141 cm³/mol. The molecule has 32 heavy (non-hydrogen) atoms. The SMILES string of the molecule is Cc1ccccc1-c1cccc(-c2ccc3c(c2)C(C)(C)c2cc(Br)ccc2-3)c1C(C)C. The minimum absolute atomic E-state index is 0.0178. The molecular formula is C31H29Br. The quantitative estimate of drug-likeness (QED) is 0.273. The molecule has 0 aliphatic heterocycles. The largest absolute Gasteiger partial charge is 0.0620 e. The monoisotopic (exact) mass is 480 g/mol. The topological polar surface area (TPSA) is 0 Å². The number of hydrogen-bond donors (Lipinski definition) is 0. The predicted octanol–water partition coefficient (Wildman–Crippen LogP) is 9.52. The summed E-state index contributed by atoms with van der Waals surface area (Å²) in [5.74, 6) is 0.426. The van der Waals surface area contributed by atoms with Gasteiger partial charge in [-0.05, 0) is 86.7 Å². The molecule has 0 spiro atoms. The van der Waals surface area contributed by atoms with Crippen molar-refractivity contribution in [3.63, 3.8) is 0 Å². The fourth-order valence-corrected chi connectivity index (χ4v) is 5.79. The molecule has 0 nitrogen and oxygen atoms in total. The zero-order valence-electron chi connectivity index (χ0n) is 19.5. The van der Waals surface area contributed by atoms with Crippen molar-refractivity contribution >= 4 is 15.9 Å². The third-order valence-electron chi connectivity index (χ3n) is 7.07. The summed E-state index contributed by atoms with van der Waals surface area (Å²) in [7, 11) is 0. The number of hydrogen-bond acceptors (Lipinski definition) is 0. The van der Waals surface area contributed by atoms with Gasteiger partial charge in [0.1, 0.15) is 0 Å². The van der Waals surface area contributed by atoms with E-state index < -0.39 is 0 Å². The molecule has 0 N–H and O–H groups in total. The summed E-state index contributed by atoms with van der Waals surface area (Å²) in [5, 5.41) is 0. The molecule has 0 fully saturated rings. The van der Waals surface area contributed by atoms with Gasteiger partial charge in [-0.1, -0.05) is 104 Å². The maximum absolute atomic E-state index is 3.67. The molecule has 0 bridgehead atoms. The van der Waals surface area contributed by atoms with E-state index >= 15 is 0 Å². The van der Waals surface area contributed by atoms with Crippen LogP contribution in [-0.4, -0.2) is 0 Å². The smallest absolute Gasteiger partial charge is 0.0178 e. The van der Waals surface area contributed by atoms with Crippen LogP contribution in [0.5, 0.6) is 0 Å². The Labute approximate surface area is 200 Å². The second-order valence-electron chi connectivity index (χ2n) is 9.81. The van der Waals surface area contributed by atoms with E-state index in [4.69, 9.17) is 0 Å². The minimum atomic E-state index is -0.0178. The Kier molecular flexibility index (Phi) is 5.13. The summed E-state index contributed by atoms with van der Waals surface area (Å²) in [5.41, 5.74) is 13.6. The van der Waals surface area contributed by atoms with Crippen molar-refractivity contribution in [2.24, 2.45) is 0 Å². The van der Waals surface area contributed by atoms with Crippen molar-refractivity contribution in [3.05, 3.63) is 106 Å². The first-order chi connectivity index (χ1) is 15.3. The summed E-state index contributed by atoms with van der Waals surface area (Å²) in [6, 6.07) is 29.3. The van der Waals surface area contributed by atoms with E-state index in [1.807, 2.05) is 0 Å². The van der Waals surface area contributed by atoms with Crippen molar-refractivity contribution in [2.45, 2.75) is 46.0 Å². The maximum atomic E-state index is 3.67. The van der Waals surface area contributed by atoms with Gasteiger partial charge in [-0.3, -0.25) is 0 Å². The average molecular weight is 481 g/mol. The highest BCUT2D eigenvalue weighted by Crippen LogP contribution is 2.51. The molecule has 0 heterocycles. The van der Waals surface area contributed by atoms with E-state index in [2.05, 4.69) is 129 Å². The number of benzene rings is 4. The van der Waals surface area contributed by atoms with Crippen molar-refractivity contribution < 1.29 is 0 Å². The van der Waals surface area contributed by atoms with E-state index in [1.54, 1.807) is 0 Å². The zero-order chi connectivity index (χ0) is 22.6. The van der Waals surface area contributed by atoms with Gasteiger partial charge in [0, 0.05) is 9.89 Å². The van der Waals surface area contributed by atoms with Crippen LogP contribution in [-0.2, 0) is 5.41 Å². The molecule has 0 saturated carbocycles. The van der Waals surface area contributed by atoms with Crippen LogP contribution in [0.25, 0.3) is 33.4 Å². The Balaban J connectivity index is 1.72. The van der Waals surface area contributed by atoms with Crippen LogP contribution < -0.4 is 0 Å². The van der Waals surface area contributed by atoms with Gasteiger partial charge in [0.05, 0.1) is 0 Å². The van der Waals surface area contributed by atoms with E-state index in [1.165, 1.54) is 55.6 Å². The molecule has 160 valence electrons. The second kappa shape index (κ2) is 7.74. The van der Waals surface area contributed by atoms with Gasteiger partial charge in [0.25, 0.3) is 0 Å². The molecule has 0 saturated heterocycles. The van der Waals surface area contributed by atoms with Gasteiger partial charge in [0.2, 0.25) is 0 Å². The third kappa shape index (κ3) is 3.26. The van der Waals surface area contributed by atoms with Gasteiger partial charge in [0.15, 0.2) is 0 Å². The summed E-state index contributed by atoms with van der Waals surface area (Å²) in [6.45, 7) is 11.5. The van der Waals surface area contributed by atoms with Crippen molar-refractivity contribution in [3.8, 4) is 33.4 Å². The Morgan fingerprint density at radius 1 is 0.656 bits per heavy atom. The lowest BCUT2D eigenvalue weighted by molar-refractivity contribution is 0.660. The fraction of sp³-hybridized carbons (Fsp3) is 0.226. The Bertz CT molecular complexity index is 1340. The standard InChI is InChI=1S/C31H29Br/c1-19(2)30-24(11-8-12-27(30)23-10-7-6-9-20(23)3)21-13-15-25-26-16-14-22(32)18-29(26)31(4,5)28(25)17-21/h6-19H,1-5H3. The van der Waals surface area contributed by atoms with Crippen molar-refractivity contribution in [1.82, 2.24) is 0 Å². The molecule has 0 radical (unpaired) electrons. The highest BCUT2D eigenvalue weighted by atomic mass is 79.9. The molecular weight excluding hydrogens is 452 g/mol. The molecule has 4 aromatic carbocycles. The summed E-state index contributed by atoms with van der Waals surface area (Å²) in [4.78, 5) is 0. The van der Waals surface area contributed by atoms with Gasteiger partial charge in [-0.15, -0.1) is 0 Å². The molecule has 1 heteroatoms. The lowest BCUT2D eigenvalue weighted by Crippen LogP contribution is -2.15. The third-order valence-corrected chi connectivity index (χ3v) is 7.56. The normalized spacial score (nSPS) is 13.8. The van der Waals surface area contributed by atoms with Crippen molar-refractivity contribution in [2.75, 3.05) is 0 Å². The van der Waals surface area contributed by atoms with Crippen LogP contribution in [0.15, 0.2) is 83.3 Å². The molecule has 0 amide bonds. The molecule has 0 atom stereocenters. The Morgan fingerprint density at radius 3 is 2.00 bits per heavy atom. The van der Waals surface area contributed by atoms with Crippen LogP contribution in [0.4, 0.5) is 0 Å². The summed E-state index contributed by atoms with van der Waals surface area (Å²) >= 11 is 3.67. The molecule has 5 rings (SSSR count). The zero-order valence-corrected chi connectivity index (χ0v) is 21.0. The van der Waals surface area contributed by atoms with E-state index in [0.717, 1.165) is 4.47 Å². The first-order valence-electron chi connectivity index (χ1n) is 11.4. The van der Waals surface area contributed by atoms with E-state index in [9.17, 15) is 0 Å². The number of rotatable bonds is 3. The molecule has 1 aliphatic carbocycles. The Morgan fingerprint density at radius 2 is 1.28 bits per heavy atom. The molecule has 0 unspecified atom stereocenters. The fourth-order valence-electron chi connectivity index (χ4n) is 5.43. The second-order valence-corrected chi connectivity index (χ2v) is 10.7. The number of halogens is 1. The van der Waals surface area contributed by atoms with E-state index in [-0.39, 0.29) is 5.41 Å². The minimum Gasteiger partial charge on any atom is -0.0620 e. The summed E-state index contributed by atoms with van der Waals surface area (Å²) < 4.78 is 1.14. The van der Waals surface area contributed by atoms with Gasteiger partial charge in [-0.25, -0.2) is 0 Å². The first kappa shape index (κ1) is 21.2. The van der Waals surface area contributed by atoms with Crippen LogP contribution in [0.3, 0.4) is 0 Å². The first-order valence-corrected chi connectivity index (χ1v) is 12.2. The maximum Gasteiger partial charge on any atom is 0.0178 e. The highest BCUT2D eigenvalue weighted by molar-refractivity contribution is 9.10. The molecule has 0 aromatic heterocycles. The molecule has 4 aromatic rings. The van der Waals surface area contributed by atoms with Crippen LogP contribution >= 0.6 is 15.9 Å². The van der Waals surface area contributed by atoms with E-state index in [0.29, 0.717) is 5.92 Å². The van der Waals surface area contributed by atoms with Gasteiger partial charge in [-0.2, -0.15) is 0 Å². The van der Waals surface area contributed by atoms with Gasteiger partial charge < -0.3 is 0 Å². The summed E-state index contributed by atoms with van der Waals surface area (Å²) in [6.07, 6.45) is 0. The lowest BCUT2D eigenvalue weighted by Gasteiger charge is -2.23. The van der Waals surface area contributed by atoms with Crippen LogP contribution in [0, 0.1) is 6.92 Å². The highest BCUT2D eigenvalue weighted by Gasteiger charge is 2.35.